The number of nitrogens with zero attached hydrogens (tertiary/aromatic N) is 2. The number of hydrogen-bond acceptors (Lipinski definition) is 7. The number of carbonyl (C=O) groups is 3. The van der Waals surface area contributed by atoms with E-state index >= 15 is 0 Å². The topological polar surface area (TPSA) is 113 Å². The summed E-state index contributed by atoms with van der Waals surface area (Å²) in [6.45, 7) is 1.32. The van der Waals surface area contributed by atoms with Gasteiger partial charge in [-0.1, -0.05) is 6.07 Å². The van der Waals surface area contributed by atoms with Crippen molar-refractivity contribution >= 4 is 50.5 Å². The molecule has 3 aromatic rings. The van der Waals surface area contributed by atoms with Crippen molar-refractivity contribution in [1.29, 1.82) is 0 Å². The standard InChI is InChI=1S/C24H23N3O6S2/c1-16(28)25-17-5-7-18(8-6-17)27-23(29)14-22(24(27)30)26(15-20-4-3-13-34-20)35(31,32)21-11-9-19(33-2)10-12-21/h3-13,22H,14-15H2,1-2H3,(H,25,28). The Labute approximate surface area is 207 Å². The van der Waals surface area contributed by atoms with Crippen LogP contribution in [-0.2, 0) is 31.0 Å². The molecule has 0 spiro atoms. The van der Waals surface area contributed by atoms with E-state index in [1.807, 2.05) is 5.38 Å². The molecule has 3 amide bonds. The van der Waals surface area contributed by atoms with Crippen LogP contribution in [0.1, 0.15) is 18.2 Å². The lowest BCUT2D eigenvalue weighted by Crippen LogP contribution is -2.44. The van der Waals surface area contributed by atoms with E-state index in [-0.39, 0.29) is 23.8 Å². The molecule has 0 saturated carbocycles. The zero-order valence-electron chi connectivity index (χ0n) is 19.0. The van der Waals surface area contributed by atoms with Gasteiger partial charge in [0.2, 0.25) is 21.8 Å². The highest BCUT2D eigenvalue weighted by atomic mass is 32.2. The number of ether oxygens (including phenoxy) is 1. The highest BCUT2D eigenvalue weighted by Crippen LogP contribution is 2.32. The molecule has 182 valence electrons. The van der Waals surface area contributed by atoms with E-state index in [2.05, 4.69) is 5.32 Å². The number of anilines is 2. The van der Waals surface area contributed by atoms with E-state index < -0.39 is 27.9 Å². The van der Waals surface area contributed by atoms with Crippen molar-refractivity contribution in [2.45, 2.75) is 30.8 Å². The monoisotopic (exact) mass is 513 g/mol. The van der Waals surface area contributed by atoms with Crippen LogP contribution in [0.2, 0.25) is 0 Å². The lowest BCUT2D eigenvalue weighted by atomic mass is 10.2. The van der Waals surface area contributed by atoms with Crippen LogP contribution in [0.4, 0.5) is 11.4 Å². The fourth-order valence-corrected chi connectivity index (χ4v) is 6.16. The molecule has 1 atom stereocenters. The summed E-state index contributed by atoms with van der Waals surface area (Å²) < 4.78 is 33.5. The average Bonchev–Trinajstić information content (AvgIpc) is 3.45. The Morgan fingerprint density at radius 3 is 2.37 bits per heavy atom. The van der Waals surface area contributed by atoms with Gasteiger partial charge in [0.05, 0.1) is 24.1 Å². The van der Waals surface area contributed by atoms with Crippen molar-refractivity contribution in [1.82, 2.24) is 4.31 Å². The fraction of sp³-hybridized carbons (Fsp3) is 0.208. The summed E-state index contributed by atoms with van der Waals surface area (Å²) in [4.78, 5) is 39.3. The molecule has 2 aromatic carbocycles. The molecule has 1 aliphatic heterocycles. The first-order valence-electron chi connectivity index (χ1n) is 10.6. The fourth-order valence-electron chi connectivity index (χ4n) is 3.81. The number of hydrogen-bond donors (Lipinski definition) is 1. The van der Waals surface area contributed by atoms with Crippen LogP contribution in [-0.4, -0.2) is 43.6 Å². The summed E-state index contributed by atoms with van der Waals surface area (Å²) in [7, 11) is -2.65. The molecule has 1 saturated heterocycles. The van der Waals surface area contributed by atoms with Crippen LogP contribution in [0.5, 0.6) is 5.75 Å². The third-order valence-electron chi connectivity index (χ3n) is 5.47. The average molecular weight is 514 g/mol. The Bertz CT molecular complexity index is 1340. The highest BCUT2D eigenvalue weighted by Gasteiger charge is 2.47. The van der Waals surface area contributed by atoms with Gasteiger partial charge < -0.3 is 10.1 Å². The molecule has 1 aromatic heterocycles. The first-order valence-corrected chi connectivity index (χ1v) is 13.0. The minimum Gasteiger partial charge on any atom is -0.497 e. The van der Waals surface area contributed by atoms with Gasteiger partial charge in [-0.3, -0.25) is 14.4 Å². The molecule has 0 radical (unpaired) electrons. The van der Waals surface area contributed by atoms with Crippen LogP contribution in [0, 0.1) is 0 Å². The second kappa shape index (κ2) is 9.98. The van der Waals surface area contributed by atoms with Gasteiger partial charge in [0.15, 0.2) is 0 Å². The third-order valence-corrected chi connectivity index (χ3v) is 8.20. The number of imide groups is 1. The van der Waals surface area contributed by atoms with Crippen molar-refractivity contribution in [3.8, 4) is 5.75 Å². The molecular weight excluding hydrogens is 490 g/mol. The first kappa shape index (κ1) is 24.6. The molecule has 4 rings (SSSR count). The van der Waals surface area contributed by atoms with Gasteiger partial charge in [0, 0.05) is 24.0 Å². The van der Waals surface area contributed by atoms with Gasteiger partial charge in [-0.2, -0.15) is 4.31 Å². The maximum absolute atomic E-state index is 13.7. The maximum atomic E-state index is 13.7. The van der Waals surface area contributed by atoms with Crippen LogP contribution >= 0.6 is 11.3 Å². The molecule has 9 nitrogen and oxygen atoms in total. The number of carbonyl (C=O) groups excluding carboxylic acids is 3. The highest BCUT2D eigenvalue weighted by molar-refractivity contribution is 7.89. The molecule has 1 aliphatic rings. The van der Waals surface area contributed by atoms with Gasteiger partial charge in [0.1, 0.15) is 11.8 Å². The zero-order chi connectivity index (χ0) is 25.2. The van der Waals surface area contributed by atoms with E-state index in [4.69, 9.17) is 4.74 Å². The summed E-state index contributed by atoms with van der Waals surface area (Å²) in [5.41, 5.74) is 0.813. The smallest absolute Gasteiger partial charge is 0.252 e. The summed E-state index contributed by atoms with van der Waals surface area (Å²) in [5.74, 6) is -0.891. The molecule has 0 aliphatic carbocycles. The van der Waals surface area contributed by atoms with E-state index in [0.717, 1.165) is 14.1 Å². The van der Waals surface area contributed by atoms with Gasteiger partial charge in [-0.15, -0.1) is 11.3 Å². The second-order valence-electron chi connectivity index (χ2n) is 7.82. The number of benzene rings is 2. The van der Waals surface area contributed by atoms with Crippen LogP contribution in [0.25, 0.3) is 0 Å². The van der Waals surface area contributed by atoms with Gasteiger partial charge in [0.25, 0.3) is 5.91 Å². The SMILES string of the molecule is COc1ccc(S(=O)(=O)N(Cc2cccs2)C2CC(=O)N(c3ccc(NC(C)=O)cc3)C2=O)cc1. The quantitative estimate of drug-likeness (QED) is 0.463. The summed E-state index contributed by atoms with van der Waals surface area (Å²) in [5, 5.41) is 4.44. The molecule has 2 heterocycles. The third kappa shape index (κ3) is 5.11. The van der Waals surface area contributed by atoms with Crippen molar-refractivity contribution in [2.24, 2.45) is 0 Å². The summed E-state index contributed by atoms with van der Waals surface area (Å²) in [6.07, 6.45) is -0.285. The summed E-state index contributed by atoms with van der Waals surface area (Å²) in [6, 6.07) is 14.5. The number of thiophene rings is 1. The lowest BCUT2D eigenvalue weighted by Gasteiger charge is -2.26. The van der Waals surface area contributed by atoms with Gasteiger partial charge >= 0.3 is 0 Å². The number of methoxy groups -OCH3 is 1. The Kier molecular flexibility index (Phi) is 7.01. The number of rotatable bonds is 8. The molecule has 35 heavy (non-hydrogen) atoms. The largest absolute Gasteiger partial charge is 0.497 e. The molecule has 0 bridgehead atoms. The minimum atomic E-state index is -4.13. The van der Waals surface area contributed by atoms with E-state index in [0.29, 0.717) is 17.1 Å². The first-order chi connectivity index (χ1) is 16.7. The van der Waals surface area contributed by atoms with E-state index in [1.165, 1.54) is 61.8 Å². The number of amides is 3. The maximum Gasteiger partial charge on any atom is 0.252 e. The Hall–Kier alpha value is -3.54. The van der Waals surface area contributed by atoms with E-state index in [1.54, 1.807) is 24.3 Å². The van der Waals surface area contributed by atoms with Crippen LogP contribution in [0.15, 0.2) is 70.9 Å². The van der Waals surface area contributed by atoms with Crippen molar-refractivity contribution in [2.75, 3.05) is 17.3 Å². The molecule has 11 heteroatoms. The van der Waals surface area contributed by atoms with Crippen LogP contribution < -0.4 is 15.0 Å². The van der Waals surface area contributed by atoms with Gasteiger partial charge in [-0.05, 0) is 60.0 Å². The second-order valence-corrected chi connectivity index (χ2v) is 10.7. The molecule has 1 N–H and O–H groups in total. The lowest BCUT2D eigenvalue weighted by molar-refractivity contribution is -0.122. The van der Waals surface area contributed by atoms with Crippen molar-refractivity contribution < 1.29 is 27.5 Å². The molecule has 1 fully saturated rings. The van der Waals surface area contributed by atoms with Crippen molar-refractivity contribution in [3.05, 3.63) is 70.9 Å². The zero-order valence-corrected chi connectivity index (χ0v) is 20.6. The van der Waals surface area contributed by atoms with Crippen LogP contribution in [0.3, 0.4) is 0 Å². The Morgan fingerprint density at radius 1 is 1.11 bits per heavy atom. The Balaban J connectivity index is 1.67. The number of nitrogens with one attached hydrogen (secondary N) is 1. The van der Waals surface area contributed by atoms with Gasteiger partial charge in [-0.25, -0.2) is 13.3 Å². The minimum absolute atomic E-state index is 0.00628. The summed E-state index contributed by atoms with van der Waals surface area (Å²) >= 11 is 1.36. The predicted molar refractivity (Wildman–Crippen MR) is 132 cm³/mol. The molecular formula is C24H23N3O6S2. The Morgan fingerprint density at radius 2 is 1.80 bits per heavy atom. The van der Waals surface area contributed by atoms with Crippen molar-refractivity contribution in [3.63, 3.8) is 0 Å². The number of sulfonamides is 1. The normalized spacial score (nSPS) is 16.1. The predicted octanol–water partition coefficient (Wildman–Crippen LogP) is 3.24. The van der Waals surface area contributed by atoms with E-state index in [9.17, 15) is 22.8 Å². The molecule has 1 unspecified atom stereocenters.